The molecule has 0 bridgehead atoms. The third-order valence-electron chi connectivity index (χ3n) is 4.58. The summed E-state index contributed by atoms with van der Waals surface area (Å²) in [6, 6.07) is 15.3. The Hall–Kier alpha value is -3.48. The van der Waals surface area contributed by atoms with Crippen molar-refractivity contribution in [1.82, 2.24) is 14.7 Å². The van der Waals surface area contributed by atoms with E-state index in [9.17, 15) is 14.0 Å². The molecule has 150 valence electrons. The minimum atomic E-state index is -0.592. The van der Waals surface area contributed by atoms with E-state index in [0.29, 0.717) is 23.5 Å². The number of likely N-dealkylation sites (N-methyl/N-ethyl adjacent to an activating group) is 1. The Labute approximate surface area is 168 Å². The van der Waals surface area contributed by atoms with Gasteiger partial charge in [0.25, 0.3) is 5.91 Å². The van der Waals surface area contributed by atoms with Gasteiger partial charge in [-0.3, -0.25) is 4.79 Å². The molecule has 6 nitrogen and oxygen atoms in total. The van der Waals surface area contributed by atoms with E-state index in [2.05, 4.69) is 5.10 Å². The summed E-state index contributed by atoms with van der Waals surface area (Å²) < 4.78 is 19.9. The zero-order valence-corrected chi connectivity index (χ0v) is 16.6. The highest BCUT2D eigenvalue weighted by atomic mass is 19.1. The van der Waals surface area contributed by atoms with E-state index in [0.717, 1.165) is 11.3 Å². The predicted molar refractivity (Wildman–Crippen MR) is 106 cm³/mol. The maximum Gasteiger partial charge on any atom is 0.342 e. The average Bonchev–Trinajstić information content (AvgIpc) is 3.02. The van der Waals surface area contributed by atoms with E-state index in [4.69, 9.17) is 4.74 Å². The number of ether oxygens (including phenoxy) is 1. The standard InChI is InChI=1S/C22H22FN3O3/c1-15-21(16(2)26(24-15)19-7-5-4-6-8-19)22(28)29-14-20(27)25(3)13-17-9-11-18(23)12-10-17/h4-12H,13-14H2,1-3H3. The highest BCUT2D eigenvalue weighted by Gasteiger charge is 2.22. The van der Waals surface area contributed by atoms with Crippen molar-refractivity contribution in [2.24, 2.45) is 0 Å². The molecule has 0 spiro atoms. The van der Waals surface area contributed by atoms with Crippen molar-refractivity contribution in [1.29, 1.82) is 0 Å². The molecule has 0 atom stereocenters. The molecule has 1 aromatic heterocycles. The number of hydrogen-bond acceptors (Lipinski definition) is 4. The smallest absolute Gasteiger partial charge is 0.342 e. The second-order valence-electron chi connectivity index (χ2n) is 6.75. The van der Waals surface area contributed by atoms with Gasteiger partial charge in [0.15, 0.2) is 6.61 Å². The summed E-state index contributed by atoms with van der Waals surface area (Å²) in [7, 11) is 1.60. The van der Waals surface area contributed by atoms with Gasteiger partial charge >= 0.3 is 5.97 Å². The lowest BCUT2D eigenvalue weighted by Crippen LogP contribution is -2.31. The largest absolute Gasteiger partial charge is 0.452 e. The van der Waals surface area contributed by atoms with Gasteiger partial charge in [0.1, 0.15) is 11.4 Å². The molecule has 7 heteroatoms. The van der Waals surface area contributed by atoms with Gasteiger partial charge in [0.05, 0.1) is 17.1 Å². The van der Waals surface area contributed by atoms with Crippen LogP contribution in [0.2, 0.25) is 0 Å². The Morgan fingerprint density at radius 3 is 2.38 bits per heavy atom. The zero-order valence-electron chi connectivity index (χ0n) is 16.6. The highest BCUT2D eigenvalue weighted by molar-refractivity contribution is 5.93. The van der Waals surface area contributed by atoms with Gasteiger partial charge in [-0.15, -0.1) is 0 Å². The van der Waals surface area contributed by atoms with Crippen LogP contribution in [0.1, 0.15) is 27.3 Å². The first-order valence-electron chi connectivity index (χ1n) is 9.14. The molecule has 0 unspecified atom stereocenters. The van der Waals surface area contributed by atoms with Crippen molar-refractivity contribution < 1.29 is 18.7 Å². The number of rotatable bonds is 6. The molecule has 0 radical (unpaired) electrons. The lowest BCUT2D eigenvalue weighted by Gasteiger charge is -2.17. The SMILES string of the molecule is Cc1nn(-c2ccccc2)c(C)c1C(=O)OCC(=O)N(C)Cc1ccc(F)cc1. The van der Waals surface area contributed by atoms with Crippen LogP contribution in [0.4, 0.5) is 4.39 Å². The number of halogens is 1. The van der Waals surface area contributed by atoms with E-state index in [1.54, 1.807) is 37.7 Å². The first kappa shape index (κ1) is 20.3. The van der Waals surface area contributed by atoms with Crippen molar-refractivity contribution in [3.05, 3.63) is 82.9 Å². The summed E-state index contributed by atoms with van der Waals surface area (Å²) >= 11 is 0. The number of hydrogen-bond donors (Lipinski definition) is 0. The average molecular weight is 395 g/mol. The number of amides is 1. The molecular weight excluding hydrogens is 373 g/mol. The van der Waals surface area contributed by atoms with Crippen LogP contribution in [0, 0.1) is 19.7 Å². The molecule has 0 saturated heterocycles. The molecule has 2 aromatic carbocycles. The van der Waals surface area contributed by atoms with Crippen molar-refractivity contribution in [2.75, 3.05) is 13.7 Å². The van der Waals surface area contributed by atoms with Crippen LogP contribution in [0.15, 0.2) is 54.6 Å². The lowest BCUT2D eigenvalue weighted by molar-refractivity contribution is -0.133. The van der Waals surface area contributed by atoms with Crippen molar-refractivity contribution >= 4 is 11.9 Å². The molecule has 0 aliphatic heterocycles. The summed E-state index contributed by atoms with van der Waals surface area (Å²) in [4.78, 5) is 26.3. The molecule has 1 amide bonds. The van der Waals surface area contributed by atoms with E-state index >= 15 is 0 Å². The van der Waals surface area contributed by atoms with Crippen LogP contribution in [0.25, 0.3) is 5.69 Å². The number of carbonyl (C=O) groups is 2. The topological polar surface area (TPSA) is 64.4 Å². The predicted octanol–water partition coefficient (Wildman–Crippen LogP) is 3.44. The summed E-state index contributed by atoms with van der Waals surface area (Å²) in [6.45, 7) is 3.42. The van der Waals surface area contributed by atoms with Gasteiger partial charge in [-0.05, 0) is 43.7 Å². The molecule has 0 fully saturated rings. The molecule has 3 aromatic rings. The maximum atomic E-state index is 13.0. The Morgan fingerprint density at radius 1 is 1.07 bits per heavy atom. The number of carbonyl (C=O) groups excluding carboxylic acids is 2. The van der Waals surface area contributed by atoms with E-state index in [1.165, 1.54) is 17.0 Å². The van der Waals surface area contributed by atoms with Crippen LogP contribution in [0.5, 0.6) is 0 Å². The van der Waals surface area contributed by atoms with Crippen molar-refractivity contribution in [3.8, 4) is 5.69 Å². The fourth-order valence-electron chi connectivity index (χ4n) is 3.02. The van der Waals surface area contributed by atoms with Crippen LogP contribution in [0.3, 0.4) is 0 Å². The Morgan fingerprint density at radius 2 is 1.72 bits per heavy atom. The molecule has 0 aliphatic carbocycles. The fourth-order valence-corrected chi connectivity index (χ4v) is 3.02. The first-order chi connectivity index (χ1) is 13.9. The lowest BCUT2D eigenvalue weighted by atomic mass is 10.2. The summed E-state index contributed by atoms with van der Waals surface area (Å²) in [6.07, 6.45) is 0. The molecule has 0 N–H and O–H groups in total. The molecule has 29 heavy (non-hydrogen) atoms. The molecule has 0 aliphatic rings. The van der Waals surface area contributed by atoms with Crippen LogP contribution < -0.4 is 0 Å². The quantitative estimate of drug-likeness (QED) is 0.600. The van der Waals surface area contributed by atoms with E-state index < -0.39 is 5.97 Å². The second kappa shape index (κ2) is 8.68. The second-order valence-corrected chi connectivity index (χ2v) is 6.75. The number of nitrogens with zero attached hydrogens (tertiary/aromatic N) is 3. The third-order valence-corrected chi connectivity index (χ3v) is 4.58. The van der Waals surface area contributed by atoms with Crippen LogP contribution in [-0.4, -0.2) is 40.2 Å². The maximum absolute atomic E-state index is 13.0. The number of para-hydroxylation sites is 1. The van der Waals surface area contributed by atoms with Gasteiger partial charge in [-0.2, -0.15) is 5.10 Å². The van der Waals surface area contributed by atoms with Crippen LogP contribution >= 0.6 is 0 Å². The summed E-state index contributed by atoms with van der Waals surface area (Å²) in [5.41, 5.74) is 3.14. The molecule has 1 heterocycles. The van der Waals surface area contributed by atoms with Crippen molar-refractivity contribution in [2.45, 2.75) is 20.4 Å². The van der Waals surface area contributed by atoms with Gasteiger partial charge in [-0.1, -0.05) is 30.3 Å². The summed E-state index contributed by atoms with van der Waals surface area (Å²) in [5, 5.41) is 4.42. The van der Waals surface area contributed by atoms with Gasteiger partial charge in [-0.25, -0.2) is 13.9 Å². The van der Waals surface area contributed by atoms with Gasteiger partial charge in [0, 0.05) is 13.6 Å². The minimum absolute atomic E-state index is 0.292. The minimum Gasteiger partial charge on any atom is -0.452 e. The molecular formula is C22H22FN3O3. The number of aryl methyl sites for hydroxylation is 1. The Bertz CT molecular complexity index is 1010. The molecule has 3 rings (SSSR count). The van der Waals surface area contributed by atoms with Crippen molar-refractivity contribution in [3.63, 3.8) is 0 Å². The van der Waals surface area contributed by atoms with Gasteiger partial charge < -0.3 is 9.64 Å². The zero-order chi connectivity index (χ0) is 21.0. The Kier molecular flexibility index (Phi) is 6.07. The van der Waals surface area contributed by atoms with E-state index in [-0.39, 0.29) is 18.3 Å². The van der Waals surface area contributed by atoms with Crippen LogP contribution in [-0.2, 0) is 16.1 Å². The monoisotopic (exact) mass is 395 g/mol. The summed E-state index contributed by atoms with van der Waals surface area (Å²) in [5.74, 6) is -1.28. The number of aromatic nitrogens is 2. The highest BCUT2D eigenvalue weighted by Crippen LogP contribution is 2.18. The Balaban J connectivity index is 1.64. The first-order valence-corrected chi connectivity index (χ1v) is 9.14. The number of benzene rings is 2. The van der Waals surface area contributed by atoms with Gasteiger partial charge in [0.2, 0.25) is 0 Å². The van der Waals surface area contributed by atoms with E-state index in [1.807, 2.05) is 30.3 Å². The normalized spacial score (nSPS) is 10.6. The fraction of sp³-hybridized carbons (Fsp3) is 0.227. The number of esters is 1. The third kappa shape index (κ3) is 4.68. The molecule has 0 saturated carbocycles.